The lowest BCUT2D eigenvalue weighted by atomic mass is 10.2. The van der Waals surface area contributed by atoms with Crippen molar-refractivity contribution in [2.75, 3.05) is 12.4 Å². The normalized spacial score (nSPS) is 12.2. The summed E-state index contributed by atoms with van der Waals surface area (Å²) in [5.41, 5.74) is 1.07. The second kappa shape index (κ2) is 6.08. The number of nitrogens with one attached hydrogen (secondary N) is 1. The number of benzene rings is 1. The fourth-order valence-corrected chi connectivity index (χ4v) is 3.60. The highest BCUT2D eigenvalue weighted by molar-refractivity contribution is 9.11. The Morgan fingerprint density at radius 1 is 1.22 bits per heavy atom. The minimum Gasteiger partial charge on any atom is -0.496 e. The topological polar surface area (TPSA) is 21.3 Å². The molecule has 5 heteroatoms. The van der Waals surface area contributed by atoms with E-state index in [0.717, 1.165) is 19.7 Å². The molecule has 1 aromatic heterocycles. The molecule has 0 radical (unpaired) electrons. The van der Waals surface area contributed by atoms with Crippen LogP contribution in [0.5, 0.6) is 5.75 Å². The van der Waals surface area contributed by atoms with Gasteiger partial charge < -0.3 is 10.1 Å². The van der Waals surface area contributed by atoms with Gasteiger partial charge in [-0.2, -0.15) is 0 Å². The third-order valence-corrected chi connectivity index (χ3v) is 4.98. The van der Waals surface area contributed by atoms with E-state index < -0.39 is 0 Å². The number of hydrogen-bond donors (Lipinski definition) is 1. The van der Waals surface area contributed by atoms with Crippen molar-refractivity contribution in [3.8, 4) is 5.75 Å². The third kappa shape index (κ3) is 3.28. The third-order valence-electron chi connectivity index (χ3n) is 2.56. The maximum absolute atomic E-state index is 5.21. The number of thiophene rings is 1. The van der Waals surface area contributed by atoms with Crippen LogP contribution in [0.1, 0.15) is 17.8 Å². The van der Waals surface area contributed by atoms with Crippen molar-refractivity contribution in [1.82, 2.24) is 0 Å². The first kappa shape index (κ1) is 13.9. The van der Waals surface area contributed by atoms with E-state index in [1.807, 2.05) is 18.2 Å². The van der Waals surface area contributed by atoms with E-state index in [9.17, 15) is 0 Å². The van der Waals surface area contributed by atoms with Gasteiger partial charge in [-0.3, -0.25) is 0 Å². The Balaban J connectivity index is 2.12. The lowest BCUT2D eigenvalue weighted by Gasteiger charge is -2.14. The van der Waals surface area contributed by atoms with Gasteiger partial charge in [0.15, 0.2) is 0 Å². The first-order valence-electron chi connectivity index (χ1n) is 5.45. The van der Waals surface area contributed by atoms with Gasteiger partial charge in [0.2, 0.25) is 0 Å². The monoisotopic (exact) mass is 389 g/mol. The number of ether oxygens (including phenoxy) is 1. The van der Waals surface area contributed by atoms with Crippen LogP contribution in [-0.4, -0.2) is 7.11 Å². The summed E-state index contributed by atoms with van der Waals surface area (Å²) in [6.45, 7) is 2.15. The number of rotatable bonds is 4. The summed E-state index contributed by atoms with van der Waals surface area (Å²) in [5.74, 6) is 0.840. The lowest BCUT2D eigenvalue weighted by molar-refractivity contribution is 0.412. The Kier molecular flexibility index (Phi) is 4.70. The Labute approximate surface area is 128 Å². The lowest BCUT2D eigenvalue weighted by Crippen LogP contribution is -2.04. The van der Waals surface area contributed by atoms with Crippen molar-refractivity contribution in [1.29, 1.82) is 0 Å². The van der Waals surface area contributed by atoms with Crippen LogP contribution in [0.3, 0.4) is 0 Å². The zero-order valence-electron chi connectivity index (χ0n) is 10.0. The Hall–Kier alpha value is -0.520. The van der Waals surface area contributed by atoms with Crippen LogP contribution < -0.4 is 10.1 Å². The molecule has 1 aromatic carbocycles. The summed E-state index contributed by atoms with van der Waals surface area (Å²) < 4.78 is 7.32. The molecule has 0 fully saturated rings. The molecule has 0 amide bonds. The smallest absolute Gasteiger partial charge is 0.133 e. The molecule has 1 atom stereocenters. The predicted octanol–water partition coefficient (Wildman–Crippen LogP) is 5.45. The molecule has 0 spiro atoms. The highest BCUT2D eigenvalue weighted by atomic mass is 79.9. The van der Waals surface area contributed by atoms with Crippen molar-refractivity contribution in [2.24, 2.45) is 0 Å². The number of anilines is 1. The minimum atomic E-state index is 0.279. The minimum absolute atomic E-state index is 0.279. The van der Waals surface area contributed by atoms with Crippen molar-refractivity contribution >= 4 is 48.9 Å². The van der Waals surface area contributed by atoms with Crippen LogP contribution in [0, 0.1) is 0 Å². The van der Waals surface area contributed by atoms with Crippen molar-refractivity contribution < 1.29 is 4.74 Å². The number of halogens is 2. The number of hydrogen-bond acceptors (Lipinski definition) is 3. The van der Waals surface area contributed by atoms with Gasteiger partial charge in [0.1, 0.15) is 5.75 Å². The van der Waals surface area contributed by atoms with Crippen LogP contribution in [0.2, 0.25) is 0 Å². The standard InChI is InChI=1S/C13H13Br2NOS/c1-8(12-5-6-13(15)18-12)16-9-3-4-11(17-2)10(14)7-9/h3-8,16H,1-2H3. The largest absolute Gasteiger partial charge is 0.496 e. The molecule has 96 valence electrons. The van der Waals surface area contributed by atoms with Crippen LogP contribution in [0.4, 0.5) is 5.69 Å². The second-order valence-corrected chi connectivity index (χ2v) is 7.21. The summed E-state index contributed by atoms with van der Waals surface area (Å²) >= 11 is 8.72. The zero-order chi connectivity index (χ0) is 13.1. The first-order valence-corrected chi connectivity index (χ1v) is 7.85. The molecule has 1 N–H and O–H groups in total. The van der Waals surface area contributed by atoms with E-state index in [4.69, 9.17) is 4.74 Å². The average molecular weight is 391 g/mol. The van der Waals surface area contributed by atoms with Gasteiger partial charge >= 0.3 is 0 Å². The average Bonchev–Trinajstić information content (AvgIpc) is 2.76. The molecule has 2 aromatic rings. The highest BCUT2D eigenvalue weighted by Crippen LogP contribution is 2.32. The summed E-state index contributed by atoms with van der Waals surface area (Å²) in [7, 11) is 1.67. The molecule has 1 unspecified atom stereocenters. The van der Waals surface area contributed by atoms with Crippen LogP contribution in [0.15, 0.2) is 38.6 Å². The molecule has 0 aliphatic carbocycles. The molecule has 0 bridgehead atoms. The van der Waals surface area contributed by atoms with Gasteiger partial charge in [0.25, 0.3) is 0 Å². The van der Waals surface area contributed by atoms with Crippen LogP contribution in [-0.2, 0) is 0 Å². The van der Waals surface area contributed by atoms with Crippen molar-refractivity contribution in [3.63, 3.8) is 0 Å². The second-order valence-electron chi connectivity index (χ2n) is 3.86. The molecule has 2 rings (SSSR count). The Morgan fingerprint density at radius 2 is 2.00 bits per heavy atom. The molecular formula is C13H13Br2NOS. The maximum atomic E-state index is 5.21. The van der Waals surface area contributed by atoms with Crippen LogP contribution >= 0.6 is 43.2 Å². The van der Waals surface area contributed by atoms with E-state index >= 15 is 0 Å². The fourth-order valence-electron chi connectivity index (χ4n) is 1.64. The Bertz CT molecular complexity index is 542. The molecule has 0 saturated heterocycles. The molecule has 2 nitrogen and oxygen atoms in total. The quantitative estimate of drug-likeness (QED) is 0.748. The molecule has 0 aliphatic rings. The van der Waals surface area contributed by atoms with Gasteiger partial charge in [0.05, 0.1) is 21.4 Å². The van der Waals surface area contributed by atoms with E-state index in [-0.39, 0.29) is 6.04 Å². The summed E-state index contributed by atoms with van der Waals surface area (Å²) in [4.78, 5) is 1.30. The Morgan fingerprint density at radius 3 is 2.56 bits per heavy atom. The first-order chi connectivity index (χ1) is 8.60. The van der Waals surface area contributed by atoms with Crippen LogP contribution in [0.25, 0.3) is 0 Å². The predicted molar refractivity (Wildman–Crippen MR) is 84.8 cm³/mol. The van der Waals surface area contributed by atoms with Gasteiger partial charge in [-0.1, -0.05) is 0 Å². The maximum Gasteiger partial charge on any atom is 0.133 e. The molecule has 1 heterocycles. The van der Waals surface area contributed by atoms with Gasteiger partial charge in [-0.25, -0.2) is 0 Å². The van der Waals surface area contributed by atoms with Crippen molar-refractivity contribution in [2.45, 2.75) is 13.0 Å². The van der Waals surface area contributed by atoms with Gasteiger partial charge in [-0.15, -0.1) is 11.3 Å². The highest BCUT2D eigenvalue weighted by Gasteiger charge is 2.09. The summed E-state index contributed by atoms with van der Waals surface area (Å²) in [6.07, 6.45) is 0. The summed E-state index contributed by atoms with van der Waals surface area (Å²) in [5, 5.41) is 3.47. The van der Waals surface area contributed by atoms with Gasteiger partial charge in [-0.05, 0) is 69.1 Å². The van der Waals surface area contributed by atoms with Gasteiger partial charge in [0, 0.05) is 10.6 Å². The number of methoxy groups -OCH3 is 1. The SMILES string of the molecule is COc1ccc(NC(C)c2ccc(Br)s2)cc1Br. The fraction of sp³-hybridized carbons (Fsp3) is 0.231. The van der Waals surface area contributed by atoms with E-state index in [1.165, 1.54) is 4.88 Å². The molecule has 0 aliphatic heterocycles. The van der Waals surface area contributed by atoms with E-state index in [1.54, 1.807) is 18.4 Å². The zero-order valence-corrected chi connectivity index (χ0v) is 14.0. The molecule has 18 heavy (non-hydrogen) atoms. The summed E-state index contributed by atoms with van der Waals surface area (Å²) in [6, 6.07) is 10.5. The van der Waals surface area contributed by atoms with E-state index in [2.05, 4.69) is 56.2 Å². The van der Waals surface area contributed by atoms with E-state index in [0.29, 0.717) is 0 Å². The van der Waals surface area contributed by atoms with Crippen molar-refractivity contribution in [3.05, 3.63) is 43.5 Å². The molecule has 0 saturated carbocycles. The molecular weight excluding hydrogens is 378 g/mol.